The van der Waals surface area contributed by atoms with Crippen molar-refractivity contribution in [3.63, 3.8) is 0 Å². The van der Waals surface area contributed by atoms with Crippen LogP contribution in [0.1, 0.15) is 170 Å². The number of nitrogens with zero attached hydrogens (tertiary/aromatic N) is 1. The molecule has 0 spiro atoms. The maximum absolute atomic E-state index is 11.6. The number of hydrogen-bond donors (Lipinski definition) is 1. The summed E-state index contributed by atoms with van der Waals surface area (Å²) in [4.78, 5) is 11.6. The monoisotopic (exact) mass is 530 g/mol. The van der Waals surface area contributed by atoms with Crippen molar-refractivity contribution in [1.29, 1.82) is 0 Å². The van der Waals surface area contributed by atoms with E-state index < -0.39 is 0 Å². The highest BCUT2D eigenvalue weighted by Crippen LogP contribution is 2.25. The molecule has 37 heavy (non-hydrogen) atoms. The van der Waals surface area contributed by atoms with Crippen molar-refractivity contribution in [2.24, 2.45) is 5.41 Å². The van der Waals surface area contributed by atoms with Crippen molar-refractivity contribution in [3.8, 4) is 0 Å². The molecule has 226 valence electrons. The number of esters is 1. The van der Waals surface area contributed by atoms with Crippen LogP contribution in [0, 0.1) is 5.41 Å². The third-order valence-electron chi connectivity index (χ3n) is 7.69. The van der Waals surface area contributed by atoms with Crippen LogP contribution in [0.25, 0.3) is 0 Å². The lowest BCUT2D eigenvalue weighted by molar-refractivity contribution is -0.928. The van der Waals surface area contributed by atoms with Gasteiger partial charge >= 0.3 is 5.97 Å². The number of hydrogen-bond acceptors (Lipinski definition) is 3. The second kappa shape index (κ2) is 28.4. The highest BCUT2D eigenvalue weighted by Gasteiger charge is 2.27. The fourth-order valence-corrected chi connectivity index (χ4v) is 5.71. The maximum atomic E-state index is 11.6. The van der Waals surface area contributed by atoms with Gasteiger partial charge in [0.15, 0.2) is 0 Å². The zero-order valence-corrected chi connectivity index (χ0v) is 27.2. The van der Waals surface area contributed by atoms with Crippen LogP contribution in [0.15, 0.2) is 0 Å². The highest BCUT2D eigenvalue weighted by atomic mass is 16.5. The molecule has 0 radical (unpaired) electrons. The van der Waals surface area contributed by atoms with Crippen molar-refractivity contribution >= 4 is 5.97 Å². The van der Waals surface area contributed by atoms with Crippen molar-refractivity contribution in [3.05, 3.63) is 0 Å². The first-order valence-corrected chi connectivity index (χ1v) is 16.2. The fraction of sp³-hybridized carbons (Fsp3) is 0.970. The minimum Gasteiger partial charge on any atom is -0.469 e. The fourth-order valence-electron chi connectivity index (χ4n) is 5.71. The van der Waals surface area contributed by atoms with E-state index in [0.717, 1.165) is 12.8 Å². The van der Waals surface area contributed by atoms with E-state index in [9.17, 15) is 4.79 Å². The molecule has 0 aliphatic carbocycles. The molecule has 0 aromatic rings. The van der Waals surface area contributed by atoms with E-state index in [4.69, 9.17) is 4.74 Å². The number of quaternary nitrogens is 1. The summed E-state index contributed by atoms with van der Waals surface area (Å²) in [5.74, 6) is -0.0767. The van der Waals surface area contributed by atoms with Crippen LogP contribution >= 0.6 is 0 Å². The standard InChI is InChI=1S/C21H42O2.C12H28N.H3N/c1-5-6-7-8-9-10-11-12-13-14-15-16-17-18-19-21(2,3)20(22)23-4;1-5-9-13(10-6-2,11-7-3)12-8-4;/h5-19H2,1-4H3;5-12H2,1-4H3;1H3/q;+1;. The number of carbonyl (C=O) groups excluding carboxylic acids is 1. The Labute approximate surface area is 235 Å². The van der Waals surface area contributed by atoms with E-state index >= 15 is 0 Å². The molecule has 0 aromatic heterocycles. The lowest BCUT2D eigenvalue weighted by Crippen LogP contribution is -2.50. The molecule has 0 heterocycles. The first kappa shape index (κ1) is 40.9. The quantitative estimate of drug-likeness (QED) is 0.0768. The third-order valence-corrected chi connectivity index (χ3v) is 7.69. The molecule has 4 heteroatoms. The van der Waals surface area contributed by atoms with Gasteiger partial charge in [0, 0.05) is 0 Å². The summed E-state index contributed by atoms with van der Waals surface area (Å²) in [7, 11) is 1.48. The lowest BCUT2D eigenvalue weighted by Gasteiger charge is -2.38. The molecule has 4 nitrogen and oxygen atoms in total. The Morgan fingerprint density at radius 3 is 1.11 bits per heavy atom. The van der Waals surface area contributed by atoms with Crippen LogP contribution < -0.4 is 6.15 Å². The highest BCUT2D eigenvalue weighted by molar-refractivity contribution is 5.75. The van der Waals surface area contributed by atoms with Crippen LogP contribution in [0.2, 0.25) is 0 Å². The summed E-state index contributed by atoms with van der Waals surface area (Å²) < 4.78 is 6.22. The van der Waals surface area contributed by atoms with Gasteiger partial charge < -0.3 is 15.4 Å². The normalized spacial score (nSPS) is 11.5. The number of unbranched alkanes of at least 4 members (excludes halogenated alkanes) is 13. The molecule has 0 unspecified atom stereocenters. The third kappa shape index (κ3) is 24.2. The predicted octanol–water partition coefficient (Wildman–Crippen LogP) is 10.7. The van der Waals surface area contributed by atoms with Crippen LogP contribution in [-0.2, 0) is 9.53 Å². The molecule has 0 atom stereocenters. The Kier molecular flexibility index (Phi) is 31.4. The van der Waals surface area contributed by atoms with Crippen molar-refractivity contribution in [2.45, 2.75) is 170 Å². The first-order valence-electron chi connectivity index (χ1n) is 16.2. The number of carbonyl (C=O) groups is 1. The Bertz CT molecular complexity index is 436. The molecular weight excluding hydrogens is 456 g/mol. The topological polar surface area (TPSA) is 61.3 Å². The molecule has 0 aliphatic heterocycles. The molecule has 3 N–H and O–H groups in total. The molecule has 0 amide bonds. The smallest absolute Gasteiger partial charge is 0.311 e. The van der Waals surface area contributed by atoms with Gasteiger partial charge in [-0.1, -0.05) is 125 Å². The Morgan fingerprint density at radius 1 is 0.541 bits per heavy atom. The average Bonchev–Trinajstić information content (AvgIpc) is 2.84. The number of rotatable bonds is 24. The molecule has 0 fully saturated rings. The Morgan fingerprint density at radius 2 is 0.838 bits per heavy atom. The van der Waals surface area contributed by atoms with Gasteiger partial charge in [0.25, 0.3) is 0 Å². The summed E-state index contributed by atoms with van der Waals surface area (Å²) in [6.07, 6.45) is 25.5. The number of methoxy groups -OCH3 is 1. The second-order valence-corrected chi connectivity index (χ2v) is 12.0. The lowest BCUT2D eigenvalue weighted by atomic mass is 9.87. The largest absolute Gasteiger partial charge is 0.469 e. The van der Waals surface area contributed by atoms with Crippen LogP contribution in [-0.4, -0.2) is 43.7 Å². The summed E-state index contributed by atoms with van der Waals surface area (Å²) >= 11 is 0. The van der Waals surface area contributed by atoms with E-state index in [-0.39, 0.29) is 17.5 Å². The van der Waals surface area contributed by atoms with E-state index in [1.807, 2.05) is 13.8 Å². The van der Waals surface area contributed by atoms with Gasteiger partial charge in [-0.15, -0.1) is 0 Å². The van der Waals surface area contributed by atoms with Crippen LogP contribution in [0.3, 0.4) is 0 Å². The molecule has 0 saturated carbocycles. The Hall–Kier alpha value is -0.610. The van der Waals surface area contributed by atoms with Gasteiger partial charge in [0.05, 0.1) is 38.7 Å². The van der Waals surface area contributed by atoms with E-state index in [1.54, 1.807) is 0 Å². The Balaban J connectivity index is -0.000000704. The summed E-state index contributed by atoms with van der Waals surface area (Å²) in [6, 6.07) is 0. The molecule has 0 rings (SSSR count). The SMILES string of the molecule is CCCCCCCCCCCCCCCCC(C)(C)C(=O)OC.CCC[N+](CCC)(CCC)CCC.N. The maximum Gasteiger partial charge on any atom is 0.311 e. The summed E-state index contributed by atoms with van der Waals surface area (Å²) in [5, 5.41) is 0. The van der Waals surface area contributed by atoms with E-state index in [2.05, 4.69) is 34.6 Å². The molecule has 0 saturated heterocycles. The van der Waals surface area contributed by atoms with Crippen molar-refractivity contribution < 1.29 is 14.0 Å². The second-order valence-electron chi connectivity index (χ2n) is 12.0. The zero-order chi connectivity index (χ0) is 27.5. The summed E-state index contributed by atoms with van der Waals surface area (Å²) in [5.41, 5.74) is -0.314. The van der Waals surface area contributed by atoms with E-state index in [1.165, 1.54) is 147 Å². The summed E-state index contributed by atoms with van der Waals surface area (Å²) in [6.45, 7) is 21.0. The van der Waals surface area contributed by atoms with Gasteiger partial charge in [-0.05, 0) is 46.0 Å². The first-order chi connectivity index (χ1) is 17.3. The minimum atomic E-state index is -0.314. The van der Waals surface area contributed by atoms with Crippen molar-refractivity contribution in [1.82, 2.24) is 6.15 Å². The van der Waals surface area contributed by atoms with Gasteiger partial charge in [-0.3, -0.25) is 4.79 Å². The molecule has 0 aromatic carbocycles. The molecule has 0 bridgehead atoms. The molecular formula is C33H73N2O2+. The van der Waals surface area contributed by atoms with Gasteiger partial charge in [-0.2, -0.15) is 0 Å². The minimum absolute atomic E-state index is 0. The zero-order valence-electron chi connectivity index (χ0n) is 27.2. The van der Waals surface area contributed by atoms with E-state index in [0.29, 0.717) is 0 Å². The number of ether oxygens (including phenoxy) is 1. The molecule has 0 aliphatic rings. The average molecular weight is 530 g/mol. The van der Waals surface area contributed by atoms with Crippen LogP contribution in [0.4, 0.5) is 0 Å². The van der Waals surface area contributed by atoms with Gasteiger partial charge in [-0.25, -0.2) is 0 Å². The van der Waals surface area contributed by atoms with Crippen LogP contribution in [0.5, 0.6) is 0 Å². The predicted molar refractivity (Wildman–Crippen MR) is 167 cm³/mol. The van der Waals surface area contributed by atoms with Crippen molar-refractivity contribution in [2.75, 3.05) is 33.3 Å². The van der Waals surface area contributed by atoms with Gasteiger partial charge in [0.1, 0.15) is 0 Å². The van der Waals surface area contributed by atoms with Gasteiger partial charge in [0.2, 0.25) is 0 Å².